The third-order valence-electron chi connectivity index (χ3n) is 3.72. The van der Waals surface area contributed by atoms with Crippen LogP contribution in [0.15, 0.2) is 30.5 Å². The number of aryl methyl sites for hydroxylation is 2. The number of imidazole rings is 1. The third kappa shape index (κ3) is 3.92. The number of aromatic nitrogens is 2. The second-order valence-corrected chi connectivity index (χ2v) is 6.90. The van der Waals surface area contributed by atoms with Gasteiger partial charge in [-0.25, -0.2) is 9.78 Å². The highest BCUT2D eigenvalue weighted by Crippen LogP contribution is 2.23. The average Bonchev–Trinajstić information content (AvgIpc) is 3.05. The van der Waals surface area contributed by atoms with Gasteiger partial charge in [0.2, 0.25) is 0 Å². The van der Waals surface area contributed by atoms with Gasteiger partial charge in [-0.3, -0.25) is 0 Å². The molecule has 1 N–H and O–H groups in total. The SMILES string of the molecule is CC(C)(C)OC(=O)NCc1cccc(-c2cn3c(n2)CCC3)c1. The highest BCUT2D eigenvalue weighted by Gasteiger charge is 2.16. The maximum atomic E-state index is 11.7. The molecule has 1 aromatic carbocycles. The van der Waals surface area contributed by atoms with Gasteiger partial charge in [-0.2, -0.15) is 0 Å². The topological polar surface area (TPSA) is 56.1 Å². The molecule has 122 valence electrons. The van der Waals surface area contributed by atoms with Crippen molar-refractivity contribution in [3.05, 3.63) is 41.9 Å². The van der Waals surface area contributed by atoms with E-state index in [0.29, 0.717) is 6.54 Å². The van der Waals surface area contributed by atoms with E-state index in [0.717, 1.165) is 35.6 Å². The van der Waals surface area contributed by atoms with E-state index in [2.05, 4.69) is 28.2 Å². The van der Waals surface area contributed by atoms with Crippen molar-refractivity contribution in [1.29, 1.82) is 0 Å². The van der Waals surface area contributed by atoms with Crippen LogP contribution >= 0.6 is 0 Å². The number of rotatable bonds is 3. The Bertz CT molecular complexity index is 692. The fraction of sp³-hybridized carbons (Fsp3) is 0.444. The van der Waals surface area contributed by atoms with Gasteiger partial charge in [0.1, 0.15) is 11.4 Å². The van der Waals surface area contributed by atoms with Gasteiger partial charge >= 0.3 is 6.09 Å². The summed E-state index contributed by atoms with van der Waals surface area (Å²) in [5, 5.41) is 2.79. The number of ether oxygens (including phenoxy) is 1. The Morgan fingerprint density at radius 2 is 2.22 bits per heavy atom. The highest BCUT2D eigenvalue weighted by molar-refractivity contribution is 5.68. The first-order valence-corrected chi connectivity index (χ1v) is 8.03. The molecular weight excluding hydrogens is 290 g/mol. The minimum Gasteiger partial charge on any atom is -0.444 e. The number of hydrogen-bond donors (Lipinski definition) is 1. The molecule has 0 unspecified atom stereocenters. The number of carbonyl (C=O) groups excluding carboxylic acids is 1. The van der Waals surface area contributed by atoms with Crippen molar-refractivity contribution >= 4 is 6.09 Å². The second-order valence-electron chi connectivity index (χ2n) is 6.90. The molecule has 2 aromatic rings. The standard InChI is InChI=1S/C18H23N3O2/c1-18(2,3)23-17(22)19-11-13-6-4-7-14(10-13)15-12-21-9-5-8-16(21)20-15/h4,6-7,10,12H,5,8-9,11H2,1-3H3,(H,19,22). The Labute approximate surface area is 136 Å². The summed E-state index contributed by atoms with van der Waals surface area (Å²) in [5.41, 5.74) is 2.62. The smallest absolute Gasteiger partial charge is 0.407 e. The molecule has 0 saturated carbocycles. The number of nitrogens with zero attached hydrogens (tertiary/aromatic N) is 2. The molecule has 0 fully saturated rings. The zero-order valence-corrected chi connectivity index (χ0v) is 13.9. The van der Waals surface area contributed by atoms with E-state index < -0.39 is 11.7 Å². The number of nitrogens with one attached hydrogen (secondary N) is 1. The molecule has 3 rings (SSSR count). The van der Waals surface area contributed by atoms with Gasteiger partial charge < -0.3 is 14.6 Å². The number of alkyl carbamates (subject to hydrolysis) is 1. The van der Waals surface area contributed by atoms with Crippen molar-refractivity contribution in [1.82, 2.24) is 14.9 Å². The molecule has 0 saturated heterocycles. The normalized spacial score (nSPS) is 13.7. The zero-order chi connectivity index (χ0) is 16.4. The largest absolute Gasteiger partial charge is 0.444 e. The van der Waals surface area contributed by atoms with Crippen LogP contribution in [0.4, 0.5) is 4.79 Å². The zero-order valence-electron chi connectivity index (χ0n) is 13.9. The second kappa shape index (κ2) is 6.07. The van der Waals surface area contributed by atoms with Crippen LogP contribution in [-0.4, -0.2) is 21.2 Å². The minimum atomic E-state index is -0.483. The summed E-state index contributed by atoms with van der Waals surface area (Å²) in [6.45, 7) is 7.06. The molecule has 1 aliphatic heterocycles. The van der Waals surface area contributed by atoms with Gasteiger partial charge in [0.15, 0.2) is 0 Å². The molecule has 23 heavy (non-hydrogen) atoms. The quantitative estimate of drug-likeness (QED) is 0.943. The average molecular weight is 313 g/mol. The van der Waals surface area contributed by atoms with Crippen LogP contribution in [-0.2, 0) is 24.2 Å². The van der Waals surface area contributed by atoms with Crippen LogP contribution in [0.3, 0.4) is 0 Å². The number of benzene rings is 1. The van der Waals surface area contributed by atoms with Gasteiger partial charge in [-0.1, -0.05) is 18.2 Å². The lowest BCUT2D eigenvalue weighted by molar-refractivity contribution is 0.0523. The molecule has 0 bridgehead atoms. The molecule has 0 radical (unpaired) electrons. The number of amides is 1. The van der Waals surface area contributed by atoms with E-state index >= 15 is 0 Å². The van der Waals surface area contributed by atoms with Gasteiger partial charge in [-0.05, 0) is 38.8 Å². The first-order chi connectivity index (χ1) is 10.9. The van der Waals surface area contributed by atoms with Crippen molar-refractivity contribution < 1.29 is 9.53 Å². The molecule has 0 spiro atoms. The van der Waals surface area contributed by atoms with Crippen LogP contribution in [0.2, 0.25) is 0 Å². The molecule has 1 amide bonds. The summed E-state index contributed by atoms with van der Waals surface area (Å²) < 4.78 is 7.47. The summed E-state index contributed by atoms with van der Waals surface area (Å²) >= 11 is 0. The molecule has 1 aliphatic rings. The predicted molar refractivity (Wildman–Crippen MR) is 89.1 cm³/mol. The van der Waals surface area contributed by atoms with E-state index in [1.54, 1.807) is 0 Å². The Hall–Kier alpha value is -2.30. The summed E-state index contributed by atoms with van der Waals surface area (Å²) in [5.74, 6) is 1.16. The summed E-state index contributed by atoms with van der Waals surface area (Å²) in [6, 6.07) is 8.10. The fourth-order valence-corrected chi connectivity index (χ4v) is 2.72. The Morgan fingerprint density at radius 1 is 1.39 bits per heavy atom. The fourth-order valence-electron chi connectivity index (χ4n) is 2.72. The number of hydrogen-bond acceptors (Lipinski definition) is 3. The lowest BCUT2D eigenvalue weighted by atomic mass is 10.1. The summed E-state index contributed by atoms with van der Waals surface area (Å²) in [4.78, 5) is 16.4. The van der Waals surface area contributed by atoms with Crippen molar-refractivity contribution in [2.75, 3.05) is 0 Å². The molecule has 0 aliphatic carbocycles. The Balaban J connectivity index is 1.66. The highest BCUT2D eigenvalue weighted by atomic mass is 16.6. The third-order valence-corrected chi connectivity index (χ3v) is 3.72. The van der Waals surface area contributed by atoms with Crippen molar-refractivity contribution in [3.63, 3.8) is 0 Å². The van der Waals surface area contributed by atoms with E-state index in [4.69, 9.17) is 9.72 Å². The van der Waals surface area contributed by atoms with E-state index in [1.807, 2.05) is 32.9 Å². The van der Waals surface area contributed by atoms with E-state index in [9.17, 15) is 4.79 Å². The lowest BCUT2D eigenvalue weighted by Gasteiger charge is -2.19. The molecule has 5 nitrogen and oxygen atoms in total. The van der Waals surface area contributed by atoms with Gasteiger partial charge in [0, 0.05) is 31.3 Å². The van der Waals surface area contributed by atoms with Crippen LogP contribution in [0.1, 0.15) is 38.6 Å². The van der Waals surface area contributed by atoms with Crippen molar-refractivity contribution in [2.24, 2.45) is 0 Å². The van der Waals surface area contributed by atoms with Gasteiger partial charge in [0.05, 0.1) is 5.69 Å². The maximum Gasteiger partial charge on any atom is 0.407 e. The molecule has 0 atom stereocenters. The lowest BCUT2D eigenvalue weighted by Crippen LogP contribution is -2.32. The molecule has 5 heteroatoms. The Morgan fingerprint density at radius 3 is 2.96 bits per heavy atom. The van der Waals surface area contributed by atoms with E-state index in [1.165, 1.54) is 6.42 Å². The summed E-state index contributed by atoms with van der Waals surface area (Å²) in [7, 11) is 0. The number of fused-ring (bicyclic) bond motifs is 1. The first kappa shape index (κ1) is 15.6. The first-order valence-electron chi connectivity index (χ1n) is 8.03. The van der Waals surface area contributed by atoms with Crippen LogP contribution in [0.5, 0.6) is 0 Å². The predicted octanol–water partition coefficient (Wildman–Crippen LogP) is 3.52. The number of carbonyl (C=O) groups is 1. The van der Waals surface area contributed by atoms with Gasteiger partial charge in [-0.15, -0.1) is 0 Å². The molecular formula is C18H23N3O2. The van der Waals surface area contributed by atoms with Gasteiger partial charge in [0.25, 0.3) is 0 Å². The Kier molecular flexibility index (Phi) is 4.11. The van der Waals surface area contributed by atoms with Crippen LogP contribution in [0, 0.1) is 0 Å². The van der Waals surface area contributed by atoms with Crippen LogP contribution in [0.25, 0.3) is 11.3 Å². The van der Waals surface area contributed by atoms with Crippen molar-refractivity contribution in [3.8, 4) is 11.3 Å². The molecule has 2 heterocycles. The van der Waals surface area contributed by atoms with E-state index in [-0.39, 0.29) is 0 Å². The summed E-state index contributed by atoms with van der Waals surface area (Å²) in [6.07, 6.45) is 3.95. The maximum absolute atomic E-state index is 11.7. The molecule has 1 aromatic heterocycles. The monoisotopic (exact) mass is 313 g/mol. The van der Waals surface area contributed by atoms with Crippen LogP contribution < -0.4 is 5.32 Å². The van der Waals surface area contributed by atoms with Crippen molar-refractivity contribution in [2.45, 2.75) is 52.3 Å². The minimum absolute atomic E-state index is 0.399.